The molecule has 0 spiro atoms. The Balaban J connectivity index is 1.66. The van der Waals surface area contributed by atoms with Crippen LogP contribution in [0, 0.1) is 13.8 Å². The van der Waals surface area contributed by atoms with E-state index in [1.165, 1.54) is 11.0 Å². The number of carbonyl (C=O) groups excluding carboxylic acids is 2. The number of pyridine rings is 1. The first kappa shape index (κ1) is 25.3. The molecule has 2 amide bonds. The van der Waals surface area contributed by atoms with E-state index in [1.54, 1.807) is 38.4 Å². The molecule has 0 aliphatic heterocycles. The smallest absolute Gasteiger partial charge is 0.271 e. The number of aryl methyl sites for hydroxylation is 3. The highest BCUT2D eigenvalue weighted by molar-refractivity contribution is 6.04. The minimum atomic E-state index is -0.332. The van der Waals surface area contributed by atoms with Crippen molar-refractivity contribution in [2.75, 3.05) is 30.0 Å². The third kappa shape index (κ3) is 5.72. The third-order valence-corrected chi connectivity index (χ3v) is 5.68. The van der Waals surface area contributed by atoms with Crippen molar-refractivity contribution in [2.24, 2.45) is 0 Å². The molecule has 190 valence electrons. The number of benzene rings is 1. The lowest BCUT2D eigenvalue weighted by atomic mass is 10.1. The summed E-state index contributed by atoms with van der Waals surface area (Å²) in [5, 5.41) is 16.3. The zero-order valence-corrected chi connectivity index (χ0v) is 21.4. The largest absolute Gasteiger partial charge is 0.373 e. The maximum absolute atomic E-state index is 13.0. The van der Waals surface area contributed by atoms with Crippen molar-refractivity contribution in [1.82, 2.24) is 30.0 Å². The lowest BCUT2D eigenvalue weighted by molar-refractivity contribution is 0.0956. The molecule has 0 fully saturated rings. The summed E-state index contributed by atoms with van der Waals surface area (Å²) in [5.41, 5.74) is 4.70. The molecule has 0 radical (unpaired) electrons. The lowest BCUT2D eigenvalue weighted by Crippen LogP contribution is -2.18. The molecule has 0 bridgehead atoms. The van der Waals surface area contributed by atoms with Crippen molar-refractivity contribution in [2.45, 2.75) is 27.2 Å². The minimum absolute atomic E-state index is 0.219. The van der Waals surface area contributed by atoms with Crippen LogP contribution in [0.5, 0.6) is 0 Å². The molecule has 0 aliphatic rings. The van der Waals surface area contributed by atoms with Crippen LogP contribution in [0.4, 0.5) is 23.0 Å². The van der Waals surface area contributed by atoms with Crippen molar-refractivity contribution < 1.29 is 9.59 Å². The van der Waals surface area contributed by atoms with Crippen LogP contribution in [0.15, 0.2) is 48.8 Å². The average molecular weight is 500 g/mol. The zero-order valence-electron chi connectivity index (χ0n) is 21.4. The summed E-state index contributed by atoms with van der Waals surface area (Å²) < 4.78 is 1.53. The Morgan fingerprint density at radius 1 is 0.973 bits per heavy atom. The van der Waals surface area contributed by atoms with Gasteiger partial charge < -0.3 is 21.3 Å². The number of amides is 2. The SMILES string of the molecule is CCc1cc(C(=O)Nc2ccc(C)c(Nc3cc(C(=O)NC)nn3-c3cc(NC)ncn3)c2)cc(C)n1. The molecule has 11 nitrogen and oxygen atoms in total. The Kier molecular flexibility index (Phi) is 7.42. The van der Waals surface area contributed by atoms with Crippen molar-refractivity contribution in [1.29, 1.82) is 0 Å². The van der Waals surface area contributed by atoms with Gasteiger partial charge in [0.1, 0.15) is 18.0 Å². The summed E-state index contributed by atoms with van der Waals surface area (Å²) >= 11 is 0. The van der Waals surface area contributed by atoms with E-state index in [-0.39, 0.29) is 17.5 Å². The van der Waals surface area contributed by atoms with E-state index in [0.29, 0.717) is 28.7 Å². The first-order valence-corrected chi connectivity index (χ1v) is 11.8. The van der Waals surface area contributed by atoms with E-state index in [4.69, 9.17) is 0 Å². The molecule has 4 aromatic rings. The molecule has 0 aliphatic carbocycles. The van der Waals surface area contributed by atoms with E-state index in [9.17, 15) is 9.59 Å². The molecule has 4 N–H and O–H groups in total. The Labute approximate surface area is 214 Å². The topological polar surface area (TPSA) is 139 Å². The van der Waals surface area contributed by atoms with Crippen molar-refractivity contribution in [3.63, 3.8) is 0 Å². The number of rotatable bonds is 8. The standard InChI is InChI=1S/C26H29N9O2/c1-6-18-10-17(9-16(3)31-18)25(36)32-19-8-7-15(2)20(11-19)33-24-12-21(26(37)28-5)34-35(24)23-13-22(27-4)29-14-30-23/h7-14,33H,6H2,1-5H3,(H,28,37)(H,32,36)(H,27,29,30). The second-order valence-electron chi connectivity index (χ2n) is 8.37. The fraction of sp³-hybridized carbons (Fsp3) is 0.231. The number of nitrogens with zero attached hydrogens (tertiary/aromatic N) is 5. The van der Waals surface area contributed by atoms with Gasteiger partial charge in [-0.05, 0) is 50.1 Å². The van der Waals surface area contributed by atoms with Gasteiger partial charge in [0.15, 0.2) is 11.5 Å². The highest BCUT2D eigenvalue weighted by Gasteiger charge is 2.17. The number of aromatic nitrogens is 5. The molecule has 11 heteroatoms. The van der Waals surface area contributed by atoms with Crippen LogP contribution in [-0.4, -0.2) is 50.6 Å². The predicted molar refractivity (Wildman–Crippen MR) is 143 cm³/mol. The van der Waals surface area contributed by atoms with Gasteiger partial charge in [-0.2, -0.15) is 9.78 Å². The van der Waals surface area contributed by atoms with E-state index in [2.05, 4.69) is 41.3 Å². The molecule has 37 heavy (non-hydrogen) atoms. The molecular formula is C26H29N9O2. The first-order valence-electron chi connectivity index (χ1n) is 11.8. The van der Waals surface area contributed by atoms with Gasteiger partial charge >= 0.3 is 0 Å². The van der Waals surface area contributed by atoms with Crippen LogP contribution in [0.3, 0.4) is 0 Å². The van der Waals surface area contributed by atoms with Crippen LogP contribution in [-0.2, 0) is 6.42 Å². The maximum atomic E-state index is 13.0. The summed E-state index contributed by atoms with van der Waals surface area (Å²) in [6.07, 6.45) is 2.16. The van der Waals surface area contributed by atoms with E-state index in [1.807, 2.05) is 39.0 Å². The van der Waals surface area contributed by atoms with Crippen LogP contribution < -0.4 is 21.3 Å². The van der Waals surface area contributed by atoms with Gasteiger partial charge in [-0.1, -0.05) is 13.0 Å². The summed E-state index contributed by atoms with van der Waals surface area (Å²) in [5.74, 6) is 1.04. The quantitative estimate of drug-likeness (QED) is 0.288. The number of anilines is 4. The van der Waals surface area contributed by atoms with Gasteiger partial charge in [0, 0.05) is 54.6 Å². The number of hydrogen-bond acceptors (Lipinski definition) is 8. The first-order chi connectivity index (χ1) is 17.8. The second-order valence-corrected chi connectivity index (χ2v) is 8.37. The molecule has 1 aromatic carbocycles. The van der Waals surface area contributed by atoms with E-state index in [0.717, 1.165) is 29.1 Å². The number of hydrogen-bond donors (Lipinski definition) is 4. The molecule has 0 saturated carbocycles. The molecule has 3 aromatic heterocycles. The summed E-state index contributed by atoms with van der Waals surface area (Å²) in [7, 11) is 3.30. The van der Waals surface area contributed by atoms with Gasteiger partial charge in [-0.3, -0.25) is 14.6 Å². The summed E-state index contributed by atoms with van der Waals surface area (Å²) in [6.45, 7) is 5.82. The van der Waals surface area contributed by atoms with Crippen molar-refractivity contribution in [3.8, 4) is 5.82 Å². The molecule has 3 heterocycles. The number of nitrogens with one attached hydrogen (secondary N) is 4. The van der Waals surface area contributed by atoms with Crippen LogP contribution in [0.25, 0.3) is 5.82 Å². The Morgan fingerprint density at radius 3 is 2.51 bits per heavy atom. The van der Waals surface area contributed by atoms with Crippen LogP contribution in [0.1, 0.15) is 44.7 Å². The predicted octanol–water partition coefficient (Wildman–Crippen LogP) is 3.63. The molecular weight excluding hydrogens is 470 g/mol. The molecule has 0 atom stereocenters. The molecule has 0 saturated heterocycles. The Morgan fingerprint density at radius 2 is 1.78 bits per heavy atom. The lowest BCUT2D eigenvalue weighted by Gasteiger charge is -2.14. The van der Waals surface area contributed by atoms with Crippen LogP contribution in [0.2, 0.25) is 0 Å². The zero-order chi connectivity index (χ0) is 26.5. The van der Waals surface area contributed by atoms with Gasteiger partial charge in [0.05, 0.1) is 0 Å². The summed E-state index contributed by atoms with van der Waals surface area (Å²) in [4.78, 5) is 38.2. The normalized spacial score (nSPS) is 10.6. The molecule has 0 unspecified atom stereocenters. The monoisotopic (exact) mass is 499 g/mol. The van der Waals surface area contributed by atoms with Gasteiger partial charge in [-0.25, -0.2) is 9.97 Å². The fourth-order valence-corrected chi connectivity index (χ4v) is 3.71. The van der Waals surface area contributed by atoms with Gasteiger partial charge in [0.25, 0.3) is 11.8 Å². The minimum Gasteiger partial charge on any atom is -0.373 e. The maximum Gasteiger partial charge on any atom is 0.271 e. The Hall–Kier alpha value is -4.80. The summed E-state index contributed by atoms with van der Waals surface area (Å²) in [6, 6.07) is 12.5. The van der Waals surface area contributed by atoms with Crippen molar-refractivity contribution in [3.05, 3.63) is 77.0 Å². The second kappa shape index (κ2) is 10.9. The molecule has 4 rings (SSSR count). The van der Waals surface area contributed by atoms with E-state index >= 15 is 0 Å². The number of carbonyl (C=O) groups is 2. The van der Waals surface area contributed by atoms with Gasteiger partial charge in [0.2, 0.25) is 0 Å². The average Bonchev–Trinajstić information content (AvgIpc) is 3.33. The highest BCUT2D eigenvalue weighted by Crippen LogP contribution is 2.27. The fourth-order valence-electron chi connectivity index (χ4n) is 3.71. The van der Waals surface area contributed by atoms with E-state index < -0.39 is 0 Å². The Bertz CT molecular complexity index is 1460. The van der Waals surface area contributed by atoms with Gasteiger partial charge in [-0.15, -0.1) is 0 Å². The van der Waals surface area contributed by atoms with Crippen LogP contribution >= 0.6 is 0 Å². The third-order valence-electron chi connectivity index (χ3n) is 5.68. The van der Waals surface area contributed by atoms with Crippen molar-refractivity contribution >= 4 is 34.8 Å². The highest BCUT2D eigenvalue weighted by atomic mass is 16.2.